The lowest BCUT2D eigenvalue weighted by molar-refractivity contribution is 0.0948. The molecular weight excluding hydrogens is 306 g/mol. The molecule has 1 aromatic carbocycles. The summed E-state index contributed by atoms with van der Waals surface area (Å²) in [6.45, 7) is 0.964. The van der Waals surface area contributed by atoms with Crippen LogP contribution >= 0.6 is 10.7 Å². The van der Waals surface area contributed by atoms with Gasteiger partial charge >= 0.3 is 0 Å². The maximum atomic E-state index is 11.9. The van der Waals surface area contributed by atoms with Crippen LogP contribution in [-0.4, -0.2) is 41.7 Å². The van der Waals surface area contributed by atoms with Crippen LogP contribution in [0.25, 0.3) is 0 Å². The number of hydrogen-bond acceptors (Lipinski definition) is 5. The first-order valence-corrected chi connectivity index (χ1v) is 8.11. The molecule has 112 valence electrons. The van der Waals surface area contributed by atoms with Gasteiger partial charge in [-0.05, 0) is 24.6 Å². The van der Waals surface area contributed by atoms with Crippen molar-refractivity contribution in [1.82, 2.24) is 5.32 Å². The lowest BCUT2D eigenvalue weighted by Gasteiger charge is -2.09. The molecular formula is C12H16ClNO5S. The zero-order valence-corrected chi connectivity index (χ0v) is 12.8. The van der Waals surface area contributed by atoms with Crippen LogP contribution in [0.5, 0.6) is 5.75 Å². The van der Waals surface area contributed by atoms with E-state index in [1.165, 1.54) is 25.3 Å². The Morgan fingerprint density at radius 2 is 2.05 bits per heavy atom. The average molecular weight is 322 g/mol. The van der Waals surface area contributed by atoms with Gasteiger partial charge in [-0.2, -0.15) is 0 Å². The van der Waals surface area contributed by atoms with Gasteiger partial charge in [0.2, 0.25) is 0 Å². The third kappa shape index (κ3) is 4.66. The zero-order valence-electron chi connectivity index (χ0n) is 11.2. The SMILES string of the molecule is COCCCNC(=O)c1ccc(OC)c(S(=O)(=O)Cl)c1. The molecule has 1 aromatic rings. The quantitative estimate of drug-likeness (QED) is 0.606. The first-order valence-electron chi connectivity index (χ1n) is 5.80. The Kier molecular flexibility index (Phi) is 6.25. The Labute approximate surface area is 122 Å². The van der Waals surface area contributed by atoms with Crippen LogP contribution in [-0.2, 0) is 13.8 Å². The fraction of sp³-hybridized carbons (Fsp3) is 0.417. The van der Waals surface area contributed by atoms with Crippen molar-refractivity contribution in [1.29, 1.82) is 0 Å². The molecule has 0 fully saturated rings. The predicted molar refractivity (Wildman–Crippen MR) is 74.9 cm³/mol. The van der Waals surface area contributed by atoms with Crippen molar-refractivity contribution < 1.29 is 22.7 Å². The van der Waals surface area contributed by atoms with Crippen LogP contribution in [0.4, 0.5) is 0 Å². The Morgan fingerprint density at radius 3 is 2.60 bits per heavy atom. The van der Waals surface area contributed by atoms with Crippen LogP contribution in [0.2, 0.25) is 0 Å². The minimum Gasteiger partial charge on any atom is -0.495 e. The average Bonchev–Trinajstić information content (AvgIpc) is 2.41. The lowest BCUT2D eigenvalue weighted by atomic mass is 10.2. The highest BCUT2D eigenvalue weighted by Gasteiger charge is 2.19. The molecule has 0 aromatic heterocycles. The summed E-state index contributed by atoms with van der Waals surface area (Å²) in [6.07, 6.45) is 0.666. The Balaban J connectivity index is 2.89. The van der Waals surface area contributed by atoms with Gasteiger partial charge in [-0.15, -0.1) is 0 Å². The van der Waals surface area contributed by atoms with Crippen molar-refractivity contribution in [2.75, 3.05) is 27.4 Å². The smallest absolute Gasteiger partial charge is 0.265 e. The van der Waals surface area contributed by atoms with E-state index < -0.39 is 9.05 Å². The highest BCUT2D eigenvalue weighted by Crippen LogP contribution is 2.27. The summed E-state index contributed by atoms with van der Waals surface area (Å²) < 4.78 is 32.6. The number of halogens is 1. The van der Waals surface area contributed by atoms with E-state index in [4.69, 9.17) is 20.2 Å². The summed E-state index contributed by atoms with van der Waals surface area (Å²) in [5, 5.41) is 2.65. The highest BCUT2D eigenvalue weighted by molar-refractivity contribution is 8.13. The summed E-state index contributed by atoms with van der Waals surface area (Å²) in [5.74, 6) is -0.291. The van der Waals surface area contributed by atoms with Crippen LogP contribution < -0.4 is 10.1 Å². The van der Waals surface area contributed by atoms with Crippen LogP contribution in [0.1, 0.15) is 16.8 Å². The number of amides is 1. The molecule has 0 aliphatic carbocycles. The Hall–Kier alpha value is -1.31. The summed E-state index contributed by atoms with van der Waals surface area (Å²) in [5.41, 5.74) is 0.197. The normalized spacial score (nSPS) is 11.2. The van der Waals surface area contributed by atoms with Gasteiger partial charge in [0.25, 0.3) is 15.0 Å². The molecule has 0 aliphatic rings. The van der Waals surface area contributed by atoms with E-state index in [-0.39, 0.29) is 22.1 Å². The molecule has 0 aliphatic heterocycles. The minimum atomic E-state index is -3.98. The molecule has 0 saturated carbocycles. The summed E-state index contributed by atoms with van der Waals surface area (Å²) in [4.78, 5) is 11.6. The molecule has 0 radical (unpaired) electrons. The molecule has 0 atom stereocenters. The van der Waals surface area contributed by atoms with E-state index in [0.29, 0.717) is 19.6 Å². The molecule has 1 rings (SSSR count). The molecule has 0 saturated heterocycles. The second kappa shape index (κ2) is 7.47. The maximum Gasteiger partial charge on any atom is 0.265 e. The molecule has 0 heterocycles. The molecule has 0 spiro atoms. The van der Waals surface area contributed by atoms with Crippen molar-refractivity contribution in [3.05, 3.63) is 23.8 Å². The fourth-order valence-electron chi connectivity index (χ4n) is 1.53. The lowest BCUT2D eigenvalue weighted by Crippen LogP contribution is -2.25. The van der Waals surface area contributed by atoms with Gasteiger partial charge < -0.3 is 14.8 Å². The highest BCUT2D eigenvalue weighted by atomic mass is 35.7. The maximum absolute atomic E-state index is 11.9. The monoisotopic (exact) mass is 321 g/mol. The number of benzene rings is 1. The summed E-state index contributed by atoms with van der Waals surface area (Å²) in [6, 6.07) is 4.04. The van der Waals surface area contributed by atoms with E-state index in [1.807, 2.05) is 0 Å². The number of methoxy groups -OCH3 is 2. The third-order valence-electron chi connectivity index (χ3n) is 2.50. The fourth-order valence-corrected chi connectivity index (χ4v) is 2.55. The molecule has 0 unspecified atom stereocenters. The van der Waals surface area contributed by atoms with Crippen molar-refractivity contribution >= 4 is 25.6 Å². The number of nitrogens with one attached hydrogen (secondary N) is 1. The van der Waals surface area contributed by atoms with Crippen molar-refractivity contribution in [3.8, 4) is 5.75 Å². The van der Waals surface area contributed by atoms with Gasteiger partial charge in [0, 0.05) is 36.5 Å². The summed E-state index contributed by atoms with van der Waals surface area (Å²) in [7, 11) is 4.22. The number of hydrogen-bond donors (Lipinski definition) is 1. The number of rotatable bonds is 7. The molecule has 6 nitrogen and oxygen atoms in total. The van der Waals surface area contributed by atoms with Gasteiger partial charge in [-0.25, -0.2) is 8.42 Å². The van der Waals surface area contributed by atoms with Crippen LogP contribution in [0.3, 0.4) is 0 Å². The number of ether oxygens (including phenoxy) is 2. The van der Waals surface area contributed by atoms with E-state index >= 15 is 0 Å². The topological polar surface area (TPSA) is 81.7 Å². The van der Waals surface area contributed by atoms with E-state index in [1.54, 1.807) is 7.11 Å². The Bertz CT molecular complexity index is 573. The first kappa shape index (κ1) is 16.7. The van der Waals surface area contributed by atoms with E-state index in [2.05, 4.69) is 5.32 Å². The number of carbonyl (C=O) groups is 1. The zero-order chi connectivity index (χ0) is 15.2. The summed E-state index contributed by atoms with van der Waals surface area (Å²) >= 11 is 0. The van der Waals surface area contributed by atoms with Gasteiger partial charge in [-0.1, -0.05) is 0 Å². The molecule has 20 heavy (non-hydrogen) atoms. The minimum absolute atomic E-state index is 0.0935. The van der Waals surface area contributed by atoms with Gasteiger partial charge in [0.05, 0.1) is 7.11 Å². The first-order chi connectivity index (χ1) is 9.40. The van der Waals surface area contributed by atoms with Crippen LogP contribution in [0.15, 0.2) is 23.1 Å². The van der Waals surface area contributed by atoms with Gasteiger partial charge in [-0.3, -0.25) is 4.79 Å². The third-order valence-corrected chi connectivity index (χ3v) is 3.84. The van der Waals surface area contributed by atoms with Gasteiger partial charge in [0.1, 0.15) is 10.6 Å². The second-order valence-electron chi connectivity index (χ2n) is 3.91. The number of carbonyl (C=O) groups excluding carboxylic acids is 1. The molecule has 1 amide bonds. The van der Waals surface area contributed by atoms with Crippen molar-refractivity contribution in [3.63, 3.8) is 0 Å². The standard InChI is InChI=1S/C12H16ClNO5S/c1-18-7-3-6-14-12(15)9-4-5-10(19-2)11(8-9)20(13,16)17/h4-5,8H,3,6-7H2,1-2H3,(H,14,15). The van der Waals surface area contributed by atoms with Crippen molar-refractivity contribution in [2.45, 2.75) is 11.3 Å². The Morgan fingerprint density at radius 1 is 1.35 bits per heavy atom. The largest absolute Gasteiger partial charge is 0.495 e. The molecule has 1 N–H and O–H groups in total. The molecule has 8 heteroatoms. The molecule has 0 bridgehead atoms. The van der Waals surface area contributed by atoms with Gasteiger partial charge in [0.15, 0.2) is 0 Å². The van der Waals surface area contributed by atoms with Crippen molar-refractivity contribution in [2.24, 2.45) is 0 Å². The second-order valence-corrected chi connectivity index (χ2v) is 6.44. The van der Waals surface area contributed by atoms with Crippen LogP contribution in [0, 0.1) is 0 Å². The van der Waals surface area contributed by atoms with E-state index in [0.717, 1.165) is 0 Å². The van der Waals surface area contributed by atoms with E-state index in [9.17, 15) is 13.2 Å². The predicted octanol–water partition coefficient (Wildman–Crippen LogP) is 1.39.